The first-order valence-corrected chi connectivity index (χ1v) is 7.49. The maximum Gasteiger partial charge on any atom is 0.309 e. The molecule has 1 aromatic rings. The van der Waals surface area contributed by atoms with E-state index in [2.05, 4.69) is 4.98 Å². The maximum absolute atomic E-state index is 11.9. The third kappa shape index (κ3) is 6.06. The van der Waals surface area contributed by atoms with Crippen molar-refractivity contribution in [1.82, 2.24) is 9.55 Å². The van der Waals surface area contributed by atoms with E-state index < -0.39 is 17.9 Å². The Bertz CT molecular complexity index is 577. The Morgan fingerprint density at radius 3 is 2.57 bits per heavy atom. The van der Waals surface area contributed by atoms with Crippen LogP contribution in [0.1, 0.15) is 43.0 Å². The van der Waals surface area contributed by atoms with Crippen molar-refractivity contribution in [2.75, 3.05) is 13.2 Å². The monoisotopic (exact) mass is 322 g/mol. The molecule has 0 N–H and O–H groups in total. The Morgan fingerprint density at radius 2 is 2.00 bits per heavy atom. The van der Waals surface area contributed by atoms with Crippen LogP contribution in [-0.4, -0.2) is 41.0 Å². The van der Waals surface area contributed by atoms with Gasteiger partial charge >= 0.3 is 11.9 Å². The van der Waals surface area contributed by atoms with E-state index in [1.54, 1.807) is 43.8 Å². The van der Waals surface area contributed by atoms with E-state index in [0.717, 1.165) is 0 Å². The molecule has 0 fully saturated rings. The quantitative estimate of drug-likeness (QED) is 0.508. The average Bonchev–Trinajstić information content (AvgIpc) is 2.87. The summed E-state index contributed by atoms with van der Waals surface area (Å²) in [5, 5.41) is 0. The highest BCUT2D eigenvalue weighted by molar-refractivity contribution is 5.80. The summed E-state index contributed by atoms with van der Waals surface area (Å²) in [4.78, 5) is 38.3. The van der Waals surface area contributed by atoms with Crippen LogP contribution >= 0.6 is 0 Å². The van der Waals surface area contributed by atoms with Gasteiger partial charge in [0.05, 0.1) is 25.6 Å². The van der Waals surface area contributed by atoms with Gasteiger partial charge in [0, 0.05) is 13.2 Å². The van der Waals surface area contributed by atoms with Gasteiger partial charge in [0.1, 0.15) is 11.5 Å². The zero-order chi connectivity index (χ0) is 17.2. The molecule has 0 unspecified atom stereocenters. The number of carbonyl (C=O) groups excluding carboxylic acids is 3. The molecule has 1 aromatic heterocycles. The van der Waals surface area contributed by atoms with Crippen molar-refractivity contribution in [3.8, 4) is 0 Å². The van der Waals surface area contributed by atoms with Crippen molar-refractivity contribution < 1.29 is 23.9 Å². The first-order chi connectivity index (χ1) is 11.0. The Morgan fingerprint density at radius 1 is 1.30 bits per heavy atom. The number of nitrogens with zero attached hydrogens (tertiary/aromatic N) is 2. The summed E-state index contributed by atoms with van der Waals surface area (Å²) in [6.45, 7) is 3.95. The number of ether oxygens (including phenoxy) is 2. The van der Waals surface area contributed by atoms with Gasteiger partial charge in [0.2, 0.25) is 0 Å². The summed E-state index contributed by atoms with van der Waals surface area (Å²) in [6.07, 6.45) is 5.99. The predicted octanol–water partition coefficient (Wildman–Crippen LogP) is 1.77. The van der Waals surface area contributed by atoms with Gasteiger partial charge in [-0.05, 0) is 26.3 Å². The fraction of sp³-hybridized carbons (Fsp3) is 0.500. The fourth-order valence-corrected chi connectivity index (χ4v) is 2.00. The second-order valence-corrected chi connectivity index (χ2v) is 4.85. The van der Waals surface area contributed by atoms with Crippen molar-refractivity contribution in [2.24, 2.45) is 13.0 Å². The number of hydrogen-bond acceptors (Lipinski definition) is 6. The molecule has 0 spiro atoms. The first-order valence-electron chi connectivity index (χ1n) is 7.49. The highest BCUT2D eigenvalue weighted by Gasteiger charge is 2.22. The van der Waals surface area contributed by atoms with Crippen LogP contribution in [0.2, 0.25) is 0 Å². The molecule has 0 aliphatic carbocycles. The normalized spacial score (nSPS) is 12.1. The van der Waals surface area contributed by atoms with Crippen molar-refractivity contribution in [3.63, 3.8) is 0 Å². The Kier molecular flexibility index (Phi) is 7.73. The number of carbonyl (C=O) groups is 3. The lowest BCUT2D eigenvalue weighted by molar-refractivity contribution is -0.154. The Labute approximate surface area is 135 Å². The van der Waals surface area contributed by atoms with Gasteiger partial charge in [-0.1, -0.05) is 6.08 Å². The van der Waals surface area contributed by atoms with E-state index in [0.29, 0.717) is 24.2 Å². The number of aromatic nitrogens is 2. The smallest absolute Gasteiger partial charge is 0.309 e. The topological polar surface area (TPSA) is 87.5 Å². The molecule has 0 bridgehead atoms. The second kappa shape index (κ2) is 9.55. The third-order valence-corrected chi connectivity index (χ3v) is 3.08. The second-order valence-electron chi connectivity index (χ2n) is 4.85. The van der Waals surface area contributed by atoms with Gasteiger partial charge in [-0.3, -0.25) is 14.4 Å². The van der Waals surface area contributed by atoms with E-state index in [4.69, 9.17) is 9.47 Å². The van der Waals surface area contributed by atoms with E-state index in [1.165, 1.54) is 0 Å². The van der Waals surface area contributed by atoms with Crippen LogP contribution in [0.5, 0.6) is 0 Å². The van der Waals surface area contributed by atoms with Gasteiger partial charge in [0.25, 0.3) is 0 Å². The molecule has 23 heavy (non-hydrogen) atoms. The highest BCUT2D eigenvalue weighted by atomic mass is 16.5. The van der Waals surface area contributed by atoms with E-state index in [9.17, 15) is 14.4 Å². The minimum Gasteiger partial charge on any atom is -0.466 e. The molecule has 0 aromatic carbocycles. The van der Waals surface area contributed by atoms with E-state index >= 15 is 0 Å². The molecule has 0 aliphatic rings. The molecular weight excluding hydrogens is 300 g/mol. The summed E-state index contributed by atoms with van der Waals surface area (Å²) in [7, 11) is 1.76. The number of esters is 2. The summed E-state index contributed by atoms with van der Waals surface area (Å²) in [6, 6.07) is 0. The lowest BCUT2D eigenvalue weighted by Gasteiger charge is -2.12. The molecule has 1 rings (SSSR count). The largest absolute Gasteiger partial charge is 0.466 e. The maximum atomic E-state index is 11.9. The fourth-order valence-electron chi connectivity index (χ4n) is 2.00. The minimum atomic E-state index is -0.601. The van der Waals surface area contributed by atoms with Crippen molar-refractivity contribution in [3.05, 3.63) is 23.8 Å². The average molecular weight is 322 g/mol. The molecule has 0 amide bonds. The summed E-state index contributed by atoms with van der Waals surface area (Å²) in [5.41, 5.74) is 0.334. The highest BCUT2D eigenvalue weighted by Crippen LogP contribution is 2.14. The lowest BCUT2D eigenvalue weighted by atomic mass is 10.0. The van der Waals surface area contributed by atoms with Crippen LogP contribution in [-0.2, 0) is 26.1 Å². The molecular formula is C16H22N2O5. The summed E-state index contributed by atoms with van der Waals surface area (Å²) >= 11 is 0. The molecule has 126 valence electrons. The number of imidazole rings is 1. The van der Waals surface area contributed by atoms with Crippen LogP contribution in [0.3, 0.4) is 0 Å². The SMILES string of the molecule is CCOC(=O)C[C@@H](C/C=C/c1nc(C=O)cn1C)C(=O)OCC. The van der Waals surface area contributed by atoms with Crippen LogP contribution in [0.15, 0.2) is 12.3 Å². The predicted molar refractivity (Wildman–Crippen MR) is 83.6 cm³/mol. The molecule has 1 atom stereocenters. The van der Waals surface area contributed by atoms with E-state index in [-0.39, 0.29) is 19.6 Å². The standard InChI is InChI=1S/C16H22N2O5/c1-4-22-15(20)9-12(16(21)23-5-2)7-6-8-14-17-13(11-19)10-18(14)3/h6,8,10-12H,4-5,7,9H2,1-3H3/b8-6+/t12-/m1/s1. The zero-order valence-electron chi connectivity index (χ0n) is 13.7. The van der Waals surface area contributed by atoms with Crippen molar-refractivity contribution >= 4 is 24.3 Å². The van der Waals surface area contributed by atoms with Crippen molar-refractivity contribution in [1.29, 1.82) is 0 Å². The minimum absolute atomic E-state index is 0.0306. The van der Waals surface area contributed by atoms with Gasteiger partial charge in [-0.25, -0.2) is 4.98 Å². The first kappa shape index (κ1) is 18.6. The zero-order valence-corrected chi connectivity index (χ0v) is 13.7. The van der Waals surface area contributed by atoms with Crippen LogP contribution < -0.4 is 0 Å². The number of allylic oxidation sites excluding steroid dienone is 1. The van der Waals surface area contributed by atoms with Gasteiger partial charge in [-0.15, -0.1) is 0 Å². The van der Waals surface area contributed by atoms with E-state index in [1.807, 2.05) is 0 Å². The van der Waals surface area contributed by atoms with Gasteiger partial charge in [-0.2, -0.15) is 0 Å². The van der Waals surface area contributed by atoms with Crippen LogP contribution in [0.4, 0.5) is 0 Å². The number of aryl methyl sites for hydroxylation is 1. The van der Waals surface area contributed by atoms with Crippen LogP contribution in [0.25, 0.3) is 6.08 Å². The molecule has 1 heterocycles. The lowest BCUT2D eigenvalue weighted by Crippen LogP contribution is -2.21. The van der Waals surface area contributed by atoms with Gasteiger partial charge < -0.3 is 14.0 Å². The molecule has 7 nitrogen and oxygen atoms in total. The number of hydrogen-bond donors (Lipinski definition) is 0. The summed E-state index contributed by atoms with van der Waals surface area (Å²) < 4.78 is 11.6. The van der Waals surface area contributed by atoms with Gasteiger partial charge in [0.15, 0.2) is 6.29 Å². The summed E-state index contributed by atoms with van der Waals surface area (Å²) in [5.74, 6) is -0.875. The molecule has 0 radical (unpaired) electrons. The molecule has 0 aliphatic heterocycles. The van der Waals surface area contributed by atoms with Crippen molar-refractivity contribution in [2.45, 2.75) is 26.7 Å². The number of aldehydes is 1. The Balaban J connectivity index is 2.73. The molecule has 0 saturated heterocycles. The molecule has 0 saturated carbocycles. The molecule has 7 heteroatoms. The number of rotatable bonds is 9. The third-order valence-electron chi connectivity index (χ3n) is 3.08. The Hall–Kier alpha value is -2.44. The van der Waals surface area contributed by atoms with Crippen LogP contribution in [0, 0.1) is 5.92 Å².